The monoisotopic (exact) mass is 326 g/mol. The Balaban J connectivity index is 1.61. The quantitative estimate of drug-likeness (QED) is 0.746. The first-order valence-corrected chi connectivity index (χ1v) is 8.36. The minimum absolute atomic E-state index is 0.0274. The maximum absolute atomic E-state index is 12.0. The van der Waals surface area contributed by atoms with Gasteiger partial charge in [-0.15, -0.1) is 11.3 Å². The van der Waals surface area contributed by atoms with E-state index < -0.39 is 0 Å². The van der Waals surface area contributed by atoms with Crippen LogP contribution in [-0.2, 0) is 11.2 Å². The fraction of sp³-hybridized carbons (Fsp3) is 0.222. The minimum Gasteiger partial charge on any atom is -0.446 e. The molecule has 4 nitrogen and oxygen atoms in total. The molecule has 0 aliphatic carbocycles. The molecule has 0 saturated heterocycles. The normalized spacial score (nSPS) is 10.7. The highest BCUT2D eigenvalue weighted by Crippen LogP contribution is 2.24. The van der Waals surface area contributed by atoms with Gasteiger partial charge in [0, 0.05) is 29.5 Å². The van der Waals surface area contributed by atoms with Crippen LogP contribution in [-0.4, -0.2) is 10.9 Å². The van der Waals surface area contributed by atoms with Gasteiger partial charge in [-0.3, -0.25) is 4.79 Å². The molecule has 2 heterocycles. The molecule has 0 bridgehead atoms. The molecule has 23 heavy (non-hydrogen) atoms. The lowest BCUT2D eigenvalue weighted by atomic mass is 10.1. The first kappa shape index (κ1) is 15.5. The third kappa shape index (κ3) is 3.87. The van der Waals surface area contributed by atoms with Crippen LogP contribution in [0, 0.1) is 13.8 Å². The number of hydrogen-bond donors (Lipinski definition) is 1. The van der Waals surface area contributed by atoms with Crippen molar-refractivity contribution in [1.29, 1.82) is 0 Å². The van der Waals surface area contributed by atoms with Crippen molar-refractivity contribution in [2.24, 2.45) is 0 Å². The predicted octanol–water partition coefficient (Wildman–Crippen LogP) is 4.59. The second kappa shape index (κ2) is 6.79. The second-order valence-corrected chi connectivity index (χ2v) is 6.37. The number of nitrogens with zero attached hydrogens (tertiary/aromatic N) is 1. The third-order valence-electron chi connectivity index (χ3n) is 3.52. The molecule has 0 spiro atoms. The average Bonchev–Trinajstić information content (AvgIpc) is 3.15. The van der Waals surface area contributed by atoms with Gasteiger partial charge in [-0.25, -0.2) is 4.98 Å². The summed E-state index contributed by atoms with van der Waals surface area (Å²) in [5.74, 6) is 1.48. The number of carbonyl (C=O) groups is 1. The summed E-state index contributed by atoms with van der Waals surface area (Å²) in [6.07, 6.45) is 1.27. The number of carbonyl (C=O) groups excluding carboxylic acids is 1. The molecule has 1 N–H and O–H groups in total. The van der Waals surface area contributed by atoms with E-state index in [0.29, 0.717) is 12.3 Å². The maximum atomic E-state index is 12.0. The van der Waals surface area contributed by atoms with Gasteiger partial charge in [0.2, 0.25) is 5.91 Å². The van der Waals surface area contributed by atoms with Crippen LogP contribution in [0.2, 0.25) is 0 Å². The van der Waals surface area contributed by atoms with Gasteiger partial charge in [-0.05, 0) is 36.9 Å². The predicted molar refractivity (Wildman–Crippen MR) is 92.7 cm³/mol. The molecule has 0 aliphatic heterocycles. The van der Waals surface area contributed by atoms with Crippen molar-refractivity contribution < 1.29 is 9.21 Å². The Labute approximate surface area is 139 Å². The number of hydrogen-bond acceptors (Lipinski definition) is 4. The highest BCUT2D eigenvalue weighted by atomic mass is 32.1. The fourth-order valence-corrected chi connectivity index (χ4v) is 3.13. The second-order valence-electron chi connectivity index (χ2n) is 5.34. The summed E-state index contributed by atoms with van der Waals surface area (Å²) in [6, 6.07) is 11.7. The van der Waals surface area contributed by atoms with Crippen LogP contribution in [0.1, 0.15) is 22.9 Å². The summed E-state index contributed by atoms with van der Waals surface area (Å²) in [5.41, 5.74) is 2.62. The highest BCUT2D eigenvalue weighted by Gasteiger charge is 2.09. The number of nitrogens with one attached hydrogen (secondary N) is 1. The molecule has 0 radical (unpaired) electrons. The van der Waals surface area contributed by atoms with Crippen LogP contribution in [0.25, 0.3) is 11.3 Å². The summed E-state index contributed by atoms with van der Waals surface area (Å²) in [5, 5.41) is 4.95. The van der Waals surface area contributed by atoms with Gasteiger partial charge in [0.05, 0.1) is 0 Å². The van der Waals surface area contributed by atoms with Crippen molar-refractivity contribution in [3.8, 4) is 11.3 Å². The number of anilines is 1. The molecule has 2 aromatic heterocycles. The SMILES string of the molecule is Cc1nc(-c2ccc(NC(=O)CCc3cccs3)cc2)c(C)o1. The van der Waals surface area contributed by atoms with Crippen molar-refractivity contribution in [2.75, 3.05) is 5.32 Å². The topological polar surface area (TPSA) is 55.1 Å². The zero-order chi connectivity index (χ0) is 16.2. The summed E-state index contributed by atoms with van der Waals surface area (Å²) in [6.45, 7) is 3.73. The fourth-order valence-electron chi connectivity index (χ4n) is 2.42. The summed E-state index contributed by atoms with van der Waals surface area (Å²) < 4.78 is 5.45. The van der Waals surface area contributed by atoms with Gasteiger partial charge >= 0.3 is 0 Å². The first-order valence-electron chi connectivity index (χ1n) is 7.48. The number of rotatable bonds is 5. The lowest BCUT2D eigenvalue weighted by molar-refractivity contribution is -0.116. The number of aromatic nitrogens is 1. The largest absolute Gasteiger partial charge is 0.446 e. The van der Waals surface area contributed by atoms with Crippen LogP contribution >= 0.6 is 11.3 Å². The molecular weight excluding hydrogens is 308 g/mol. The molecule has 3 rings (SSSR count). The third-order valence-corrected chi connectivity index (χ3v) is 4.46. The van der Waals surface area contributed by atoms with Crippen molar-refractivity contribution in [2.45, 2.75) is 26.7 Å². The standard InChI is InChI=1S/C18H18N2O2S/c1-12-18(19-13(2)22-12)14-5-7-15(8-6-14)20-17(21)10-9-16-4-3-11-23-16/h3-8,11H,9-10H2,1-2H3,(H,20,21). The molecule has 5 heteroatoms. The van der Waals surface area contributed by atoms with E-state index in [-0.39, 0.29) is 5.91 Å². The summed E-state index contributed by atoms with van der Waals surface area (Å²) in [7, 11) is 0. The smallest absolute Gasteiger partial charge is 0.224 e. The molecular formula is C18H18N2O2S. The van der Waals surface area contributed by atoms with Crippen LogP contribution in [0.4, 0.5) is 5.69 Å². The van der Waals surface area contributed by atoms with E-state index in [9.17, 15) is 4.79 Å². The molecule has 3 aromatic rings. The van der Waals surface area contributed by atoms with Gasteiger partial charge in [0.1, 0.15) is 11.5 Å². The number of oxazole rings is 1. The molecule has 118 valence electrons. The van der Waals surface area contributed by atoms with Crippen molar-refractivity contribution in [1.82, 2.24) is 4.98 Å². The van der Waals surface area contributed by atoms with Crippen LogP contribution in [0.15, 0.2) is 46.2 Å². The van der Waals surface area contributed by atoms with E-state index in [1.807, 2.05) is 49.6 Å². The van der Waals surface area contributed by atoms with Gasteiger partial charge in [0.25, 0.3) is 0 Å². The Hall–Kier alpha value is -2.40. The van der Waals surface area contributed by atoms with Crippen LogP contribution in [0.5, 0.6) is 0 Å². The van der Waals surface area contributed by atoms with E-state index in [2.05, 4.69) is 16.4 Å². The minimum atomic E-state index is 0.0274. The van der Waals surface area contributed by atoms with Gasteiger partial charge < -0.3 is 9.73 Å². The van der Waals surface area contributed by atoms with E-state index in [1.54, 1.807) is 11.3 Å². The Kier molecular flexibility index (Phi) is 4.57. The number of benzene rings is 1. The van der Waals surface area contributed by atoms with Crippen LogP contribution < -0.4 is 5.32 Å². The lowest BCUT2D eigenvalue weighted by Crippen LogP contribution is -2.11. The zero-order valence-corrected chi connectivity index (χ0v) is 13.9. The Morgan fingerprint density at radius 2 is 2.00 bits per heavy atom. The molecule has 0 unspecified atom stereocenters. The lowest BCUT2D eigenvalue weighted by Gasteiger charge is -2.05. The Morgan fingerprint density at radius 3 is 2.61 bits per heavy atom. The molecule has 1 amide bonds. The maximum Gasteiger partial charge on any atom is 0.224 e. The number of amides is 1. The van der Waals surface area contributed by atoms with E-state index in [1.165, 1.54) is 4.88 Å². The molecule has 0 aliphatic rings. The van der Waals surface area contributed by atoms with Crippen LogP contribution in [0.3, 0.4) is 0 Å². The number of thiophene rings is 1. The Bertz CT molecular complexity index is 789. The first-order chi connectivity index (χ1) is 11.1. The zero-order valence-electron chi connectivity index (χ0n) is 13.1. The molecule has 0 fully saturated rings. The van der Waals surface area contributed by atoms with Gasteiger partial charge in [-0.2, -0.15) is 0 Å². The average molecular weight is 326 g/mol. The summed E-state index contributed by atoms with van der Waals surface area (Å²) in [4.78, 5) is 17.6. The van der Waals surface area contributed by atoms with Crippen molar-refractivity contribution in [3.05, 3.63) is 58.3 Å². The van der Waals surface area contributed by atoms with Crippen molar-refractivity contribution >= 4 is 22.9 Å². The molecule has 0 atom stereocenters. The van der Waals surface area contributed by atoms with E-state index >= 15 is 0 Å². The van der Waals surface area contributed by atoms with E-state index in [0.717, 1.165) is 29.1 Å². The van der Waals surface area contributed by atoms with Crippen molar-refractivity contribution in [3.63, 3.8) is 0 Å². The number of aryl methyl sites for hydroxylation is 3. The Morgan fingerprint density at radius 1 is 1.22 bits per heavy atom. The van der Waals surface area contributed by atoms with E-state index in [4.69, 9.17) is 4.42 Å². The van der Waals surface area contributed by atoms with Gasteiger partial charge in [-0.1, -0.05) is 18.2 Å². The van der Waals surface area contributed by atoms with Gasteiger partial charge in [0.15, 0.2) is 5.89 Å². The molecule has 0 saturated carbocycles. The summed E-state index contributed by atoms with van der Waals surface area (Å²) >= 11 is 1.68. The highest BCUT2D eigenvalue weighted by molar-refractivity contribution is 7.09. The molecule has 1 aromatic carbocycles.